The molecule has 5 nitrogen and oxygen atoms in total. The van der Waals surface area contributed by atoms with Gasteiger partial charge in [0.05, 0.1) is 4.90 Å². The molecule has 0 saturated carbocycles. The maximum atomic E-state index is 12.6. The minimum atomic E-state index is -3.59. The van der Waals surface area contributed by atoms with Gasteiger partial charge in [-0.3, -0.25) is 4.79 Å². The Kier molecular flexibility index (Phi) is 6.94. The lowest BCUT2D eigenvalue weighted by Crippen LogP contribution is -2.30. The quantitative estimate of drug-likeness (QED) is 0.761. The van der Waals surface area contributed by atoms with E-state index in [1.54, 1.807) is 26.0 Å². The second kappa shape index (κ2) is 8.96. The van der Waals surface area contributed by atoms with Crippen LogP contribution in [0.2, 0.25) is 0 Å². The molecular formula is C20H26N2O3S. The number of nitrogens with one attached hydrogen (secondary N) is 1. The molecular weight excluding hydrogens is 348 g/mol. The van der Waals surface area contributed by atoms with Crippen LogP contribution in [0.4, 0.5) is 5.69 Å². The summed E-state index contributed by atoms with van der Waals surface area (Å²) in [5.74, 6) is -0.329. The third kappa shape index (κ3) is 4.71. The van der Waals surface area contributed by atoms with Gasteiger partial charge in [0, 0.05) is 24.3 Å². The highest BCUT2D eigenvalue weighted by Crippen LogP contribution is 2.18. The van der Waals surface area contributed by atoms with Crippen molar-refractivity contribution in [3.8, 4) is 0 Å². The van der Waals surface area contributed by atoms with E-state index in [1.165, 1.54) is 22.0 Å². The van der Waals surface area contributed by atoms with Gasteiger partial charge in [0.15, 0.2) is 0 Å². The number of benzene rings is 2. The zero-order valence-electron chi connectivity index (χ0n) is 15.5. The van der Waals surface area contributed by atoms with Crippen LogP contribution in [0.25, 0.3) is 0 Å². The molecule has 140 valence electrons. The Bertz CT molecular complexity index is 842. The van der Waals surface area contributed by atoms with E-state index in [1.807, 2.05) is 24.3 Å². The molecule has 6 heteroatoms. The SMILES string of the molecule is CCCc1ccc(NC(=O)c2cccc(S(=O)(=O)N(CC)CC)c2)cc1. The van der Waals surface area contributed by atoms with Gasteiger partial charge in [0.25, 0.3) is 5.91 Å². The van der Waals surface area contributed by atoms with Crippen LogP contribution in [0.15, 0.2) is 53.4 Å². The van der Waals surface area contributed by atoms with Crippen LogP contribution in [-0.2, 0) is 16.4 Å². The molecule has 0 atom stereocenters. The summed E-state index contributed by atoms with van der Waals surface area (Å²) in [5.41, 5.74) is 2.22. The molecule has 0 saturated heterocycles. The lowest BCUT2D eigenvalue weighted by molar-refractivity contribution is 0.102. The van der Waals surface area contributed by atoms with E-state index in [4.69, 9.17) is 0 Å². The summed E-state index contributed by atoms with van der Waals surface area (Å²) in [6, 6.07) is 13.8. The van der Waals surface area contributed by atoms with Crippen molar-refractivity contribution in [3.63, 3.8) is 0 Å². The molecule has 26 heavy (non-hydrogen) atoms. The fourth-order valence-electron chi connectivity index (χ4n) is 2.76. The fourth-order valence-corrected chi connectivity index (χ4v) is 4.26. The Hall–Kier alpha value is -2.18. The van der Waals surface area contributed by atoms with Crippen molar-refractivity contribution in [2.24, 2.45) is 0 Å². The van der Waals surface area contributed by atoms with Crippen LogP contribution < -0.4 is 5.32 Å². The van der Waals surface area contributed by atoms with E-state index in [-0.39, 0.29) is 10.8 Å². The number of amides is 1. The summed E-state index contributed by atoms with van der Waals surface area (Å²) in [6.45, 7) is 6.48. The molecule has 2 aromatic carbocycles. The molecule has 0 aliphatic heterocycles. The van der Waals surface area contributed by atoms with Gasteiger partial charge >= 0.3 is 0 Å². The molecule has 0 radical (unpaired) electrons. The van der Waals surface area contributed by atoms with E-state index in [0.717, 1.165) is 12.8 Å². The molecule has 0 aromatic heterocycles. The lowest BCUT2D eigenvalue weighted by Gasteiger charge is -2.18. The smallest absolute Gasteiger partial charge is 0.255 e. The van der Waals surface area contributed by atoms with Crippen LogP contribution in [0.1, 0.15) is 43.1 Å². The predicted octanol–water partition coefficient (Wildman–Crippen LogP) is 3.92. The summed E-state index contributed by atoms with van der Waals surface area (Å²) in [6.07, 6.45) is 2.07. The van der Waals surface area contributed by atoms with E-state index in [0.29, 0.717) is 24.3 Å². The second-order valence-corrected chi connectivity index (χ2v) is 7.96. The number of aryl methyl sites for hydroxylation is 1. The highest BCUT2D eigenvalue weighted by Gasteiger charge is 2.22. The number of rotatable bonds is 8. The first-order valence-corrected chi connectivity index (χ1v) is 10.4. The van der Waals surface area contributed by atoms with Gasteiger partial charge in [-0.1, -0.05) is 45.4 Å². The highest BCUT2D eigenvalue weighted by atomic mass is 32.2. The van der Waals surface area contributed by atoms with Crippen molar-refractivity contribution in [2.45, 2.75) is 38.5 Å². The van der Waals surface area contributed by atoms with Crippen molar-refractivity contribution in [1.29, 1.82) is 0 Å². The number of hydrogen-bond donors (Lipinski definition) is 1. The van der Waals surface area contributed by atoms with E-state index in [2.05, 4.69) is 12.2 Å². The van der Waals surface area contributed by atoms with Gasteiger partial charge in [0.1, 0.15) is 0 Å². The first-order chi connectivity index (χ1) is 12.4. The average Bonchev–Trinajstić information content (AvgIpc) is 2.64. The molecule has 0 heterocycles. The maximum Gasteiger partial charge on any atom is 0.255 e. The Morgan fingerprint density at radius 2 is 1.65 bits per heavy atom. The third-order valence-electron chi connectivity index (χ3n) is 4.19. The van der Waals surface area contributed by atoms with Crippen molar-refractivity contribution in [2.75, 3.05) is 18.4 Å². The van der Waals surface area contributed by atoms with Crippen LogP contribution in [0.5, 0.6) is 0 Å². The minimum absolute atomic E-state index is 0.132. The van der Waals surface area contributed by atoms with Gasteiger partial charge < -0.3 is 5.32 Å². The van der Waals surface area contributed by atoms with E-state index in [9.17, 15) is 13.2 Å². The summed E-state index contributed by atoms with van der Waals surface area (Å²) in [4.78, 5) is 12.6. The molecule has 0 spiro atoms. The average molecular weight is 375 g/mol. The van der Waals surface area contributed by atoms with E-state index >= 15 is 0 Å². The van der Waals surface area contributed by atoms with Crippen LogP contribution in [0, 0.1) is 0 Å². The number of nitrogens with zero attached hydrogens (tertiary/aromatic N) is 1. The number of hydrogen-bond acceptors (Lipinski definition) is 3. The van der Waals surface area contributed by atoms with Crippen molar-refractivity contribution >= 4 is 21.6 Å². The second-order valence-electron chi connectivity index (χ2n) is 6.02. The molecule has 2 rings (SSSR count). The molecule has 0 unspecified atom stereocenters. The molecule has 0 aliphatic rings. The lowest BCUT2D eigenvalue weighted by atomic mass is 10.1. The summed E-state index contributed by atoms with van der Waals surface area (Å²) >= 11 is 0. The normalized spacial score (nSPS) is 11.5. The van der Waals surface area contributed by atoms with Gasteiger partial charge in [-0.25, -0.2) is 8.42 Å². The number of carbonyl (C=O) groups is 1. The summed E-state index contributed by atoms with van der Waals surface area (Å²) in [7, 11) is -3.59. The summed E-state index contributed by atoms with van der Waals surface area (Å²) < 4.78 is 26.6. The van der Waals surface area contributed by atoms with Crippen LogP contribution in [-0.4, -0.2) is 31.7 Å². The van der Waals surface area contributed by atoms with Gasteiger partial charge in [0.2, 0.25) is 10.0 Å². The zero-order chi connectivity index (χ0) is 19.2. The largest absolute Gasteiger partial charge is 0.322 e. The first kappa shape index (κ1) is 20.1. The first-order valence-electron chi connectivity index (χ1n) is 8.92. The molecule has 2 aromatic rings. The molecule has 0 bridgehead atoms. The number of anilines is 1. The van der Waals surface area contributed by atoms with Crippen LogP contribution >= 0.6 is 0 Å². The molecule has 0 fully saturated rings. The topological polar surface area (TPSA) is 66.5 Å². The maximum absolute atomic E-state index is 12.6. The van der Waals surface area contributed by atoms with Crippen molar-refractivity contribution < 1.29 is 13.2 Å². The minimum Gasteiger partial charge on any atom is -0.322 e. The predicted molar refractivity (Wildman–Crippen MR) is 105 cm³/mol. The number of carbonyl (C=O) groups excluding carboxylic acids is 1. The molecule has 1 amide bonds. The molecule has 0 aliphatic carbocycles. The fraction of sp³-hybridized carbons (Fsp3) is 0.350. The van der Waals surface area contributed by atoms with E-state index < -0.39 is 10.0 Å². The summed E-state index contributed by atoms with van der Waals surface area (Å²) in [5, 5.41) is 2.82. The van der Waals surface area contributed by atoms with Crippen molar-refractivity contribution in [1.82, 2.24) is 4.31 Å². The Morgan fingerprint density at radius 1 is 1.00 bits per heavy atom. The Morgan fingerprint density at radius 3 is 2.23 bits per heavy atom. The van der Waals surface area contributed by atoms with Gasteiger partial charge in [-0.2, -0.15) is 4.31 Å². The number of sulfonamides is 1. The van der Waals surface area contributed by atoms with Crippen molar-refractivity contribution in [3.05, 3.63) is 59.7 Å². The molecule has 1 N–H and O–H groups in total. The Balaban J connectivity index is 2.20. The third-order valence-corrected chi connectivity index (χ3v) is 6.24. The zero-order valence-corrected chi connectivity index (χ0v) is 16.3. The standard InChI is InChI=1S/C20H26N2O3S/c1-4-8-16-11-13-18(14-12-16)21-20(23)17-9-7-10-19(15-17)26(24,25)22(5-2)6-3/h7,9-15H,4-6,8H2,1-3H3,(H,21,23). The van der Waals surface area contributed by atoms with Gasteiger partial charge in [-0.15, -0.1) is 0 Å². The monoisotopic (exact) mass is 374 g/mol. The van der Waals surface area contributed by atoms with Crippen LogP contribution in [0.3, 0.4) is 0 Å². The highest BCUT2D eigenvalue weighted by molar-refractivity contribution is 7.89. The van der Waals surface area contributed by atoms with Gasteiger partial charge in [-0.05, 0) is 42.3 Å². The Labute approximate surface area is 156 Å².